The number of epoxide rings is 1. The summed E-state index contributed by atoms with van der Waals surface area (Å²) in [6.07, 6.45) is 12.1. The van der Waals surface area contributed by atoms with Gasteiger partial charge in [-0.05, 0) is 70.1 Å². The Morgan fingerprint density at radius 1 is 1.56 bits per heavy atom. The quantitative estimate of drug-likeness (QED) is 0.106. The maximum Gasteiger partial charge on any atom is 0.184 e. The van der Waals surface area contributed by atoms with Gasteiger partial charge in [0, 0.05) is 4.91 Å². The van der Waals surface area contributed by atoms with Crippen molar-refractivity contribution in [2.45, 2.75) is 94.9 Å². The van der Waals surface area contributed by atoms with Gasteiger partial charge < -0.3 is 9.16 Å². The van der Waals surface area contributed by atoms with Gasteiger partial charge in [0.1, 0.15) is 5.60 Å². The van der Waals surface area contributed by atoms with Gasteiger partial charge in [-0.3, -0.25) is 0 Å². The zero-order valence-corrected chi connectivity index (χ0v) is 17.0. The highest BCUT2D eigenvalue weighted by molar-refractivity contribution is 6.69. The Morgan fingerprint density at radius 2 is 2.28 bits per heavy atom. The Bertz CT molecular complexity index is 603. The first kappa shape index (κ1) is 20.1. The number of ether oxygens (including phenoxy) is 1. The van der Waals surface area contributed by atoms with Crippen molar-refractivity contribution in [1.82, 2.24) is 0 Å². The van der Waals surface area contributed by atoms with Crippen LogP contribution >= 0.6 is 0 Å². The molecule has 1 saturated carbocycles. The highest BCUT2D eigenvalue weighted by Crippen LogP contribution is 2.60. The van der Waals surface area contributed by atoms with Crippen LogP contribution in [-0.4, -0.2) is 31.7 Å². The number of fused-ring (bicyclic) bond motifs is 1. The molecular weight excluding hydrogens is 330 g/mol. The Kier molecular flexibility index (Phi) is 6.06. The molecule has 1 heterocycles. The molecule has 5 nitrogen and oxygen atoms in total. The van der Waals surface area contributed by atoms with Crippen LogP contribution in [0, 0.1) is 12.3 Å². The molecular formula is C19H31N3O2Si. The lowest BCUT2D eigenvalue weighted by Gasteiger charge is -2.46. The van der Waals surface area contributed by atoms with Gasteiger partial charge >= 0.3 is 0 Å². The van der Waals surface area contributed by atoms with Crippen molar-refractivity contribution < 1.29 is 9.16 Å². The van der Waals surface area contributed by atoms with Crippen LogP contribution in [0.4, 0.5) is 0 Å². The first-order valence-electron chi connectivity index (χ1n) is 9.27. The molecule has 1 unspecified atom stereocenters. The third kappa shape index (κ3) is 4.29. The molecule has 0 aromatic rings. The number of nitrogens with zero attached hydrogens (tertiary/aromatic N) is 3. The molecule has 4 atom stereocenters. The molecule has 0 aromatic heterocycles. The SMILES string of the molecule is C#CC(CC[C@]12O[C@H]1CCC[C@@]2(CC(=C)CC)O[Si](C)(C)C)N=[N+]=[N-]. The normalized spacial score (nSPS) is 32.0. The zero-order valence-electron chi connectivity index (χ0n) is 16.0. The number of terminal acetylenes is 1. The second-order valence-electron chi connectivity index (χ2n) is 8.30. The topological polar surface area (TPSA) is 70.5 Å². The van der Waals surface area contributed by atoms with Gasteiger partial charge in [0.2, 0.25) is 0 Å². The van der Waals surface area contributed by atoms with E-state index in [1.807, 2.05) is 0 Å². The van der Waals surface area contributed by atoms with Gasteiger partial charge in [-0.2, -0.15) is 0 Å². The van der Waals surface area contributed by atoms with Gasteiger partial charge in [-0.1, -0.05) is 30.1 Å². The number of azide groups is 1. The van der Waals surface area contributed by atoms with E-state index in [0.29, 0.717) is 6.42 Å². The highest BCUT2D eigenvalue weighted by atomic mass is 28.4. The van der Waals surface area contributed by atoms with E-state index in [2.05, 4.69) is 49.1 Å². The first-order valence-corrected chi connectivity index (χ1v) is 12.7. The standard InChI is InChI=1S/C19H31N3O2Si/c1-7-15(3)14-18(24-25(4,5)6)12-9-10-17-19(18,23-17)13-11-16(8-2)21-22-20/h2,16-17H,3,7,9-14H2,1,4-6H3/t16?,17-,18-,19-/m0/s1. The van der Waals surface area contributed by atoms with Crippen LogP contribution < -0.4 is 0 Å². The first-order chi connectivity index (χ1) is 11.7. The summed E-state index contributed by atoms with van der Waals surface area (Å²) in [5.41, 5.74) is 9.27. The van der Waals surface area contributed by atoms with E-state index in [1.54, 1.807) is 0 Å². The summed E-state index contributed by atoms with van der Waals surface area (Å²) in [6.45, 7) is 13.1. The molecule has 2 rings (SSSR count). The summed E-state index contributed by atoms with van der Waals surface area (Å²) in [6, 6.07) is -0.426. The number of hydrogen-bond acceptors (Lipinski definition) is 3. The minimum atomic E-state index is -1.78. The largest absolute Gasteiger partial charge is 0.409 e. The van der Waals surface area contributed by atoms with Gasteiger partial charge in [0.05, 0.1) is 17.7 Å². The Balaban J connectivity index is 2.29. The smallest absolute Gasteiger partial charge is 0.184 e. The monoisotopic (exact) mass is 361 g/mol. The molecule has 0 bridgehead atoms. The molecule has 6 heteroatoms. The number of hydrogen-bond donors (Lipinski definition) is 0. The lowest BCUT2D eigenvalue weighted by atomic mass is 9.69. The van der Waals surface area contributed by atoms with Gasteiger partial charge in [0.15, 0.2) is 8.32 Å². The summed E-state index contributed by atoms with van der Waals surface area (Å²) in [4.78, 5) is 2.87. The van der Waals surface area contributed by atoms with Gasteiger partial charge in [0.25, 0.3) is 0 Å². The maximum atomic E-state index is 8.69. The molecule has 0 amide bonds. The van der Waals surface area contributed by atoms with Crippen LogP contribution in [0.1, 0.15) is 51.9 Å². The predicted molar refractivity (Wildman–Crippen MR) is 104 cm³/mol. The molecule has 0 N–H and O–H groups in total. The van der Waals surface area contributed by atoms with Crippen LogP contribution in [0.25, 0.3) is 10.4 Å². The fourth-order valence-electron chi connectivity index (χ4n) is 4.26. The molecule has 138 valence electrons. The molecule has 0 aromatic carbocycles. The van der Waals surface area contributed by atoms with Crippen molar-refractivity contribution in [2.75, 3.05) is 0 Å². The lowest BCUT2D eigenvalue weighted by Crippen LogP contribution is -2.56. The summed E-state index contributed by atoms with van der Waals surface area (Å²) in [5.74, 6) is 2.58. The molecule has 2 aliphatic rings. The van der Waals surface area contributed by atoms with Crippen LogP contribution in [0.2, 0.25) is 19.6 Å². The van der Waals surface area contributed by atoms with E-state index in [4.69, 9.17) is 21.1 Å². The van der Waals surface area contributed by atoms with E-state index in [9.17, 15) is 0 Å². The summed E-state index contributed by atoms with van der Waals surface area (Å²) in [5, 5.41) is 3.72. The minimum absolute atomic E-state index is 0.228. The molecule has 1 aliphatic carbocycles. The minimum Gasteiger partial charge on any atom is -0.409 e. The van der Waals surface area contributed by atoms with Crippen LogP contribution in [0.3, 0.4) is 0 Å². The number of rotatable bonds is 9. The maximum absolute atomic E-state index is 8.69. The average Bonchev–Trinajstić information content (AvgIpc) is 3.26. The fraction of sp³-hybridized carbons (Fsp3) is 0.789. The highest BCUT2D eigenvalue weighted by Gasteiger charge is 2.70. The summed E-state index contributed by atoms with van der Waals surface area (Å²) < 4.78 is 13.1. The van der Waals surface area contributed by atoms with Crippen molar-refractivity contribution in [3.05, 3.63) is 22.6 Å². The van der Waals surface area contributed by atoms with E-state index in [0.717, 1.165) is 38.5 Å². The second kappa shape index (κ2) is 7.55. The van der Waals surface area contributed by atoms with Crippen molar-refractivity contribution >= 4 is 8.32 Å². The second-order valence-corrected chi connectivity index (χ2v) is 12.7. The molecule has 0 spiro atoms. The van der Waals surface area contributed by atoms with E-state index in [-0.39, 0.29) is 17.3 Å². The van der Waals surface area contributed by atoms with Crippen LogP contribution in [0.5, 0.6) is 0 Å². The van der Waals surface area contributed by atoms with Crippen molar-refractivity contribution in [3.8, 4) is 12.3 Å². The van der Waals surface area contributed by atoms with Gasteiger partial charge in [-0.25, -0.2) is 0 Å². The fourth-order valence-corrected chi connectivity index (χ4v) is 5.78. The third-order valence-corrected chi connectivity index (χ3v) is 6.35. The van der Waals surface area contributed by atoms with Gasteiger partial charge in [-0.15, -0.1) is 6.42 Å². The Labute approximate surface area is 152 Å². The van der Waals surface area contributed by atoms with E-state index in [1.165, 1.54) is 5.57 Å². The van der Waals surface area contributed by atoms with E-state index < -0.39 is 14.4 Å². The Morgan fingerprint density at radius 3 is 2.84 bits per heavy atom. The molecule has 2 fully saturated rings. The lowest BCUT2D eigenvalue weighted by molar-refractivity contribution is -0.0379. The van der Waals surface area contributed by atoms with Crippen molar-refractivity contribution in [1.29, 1.82) is 0 Å². The summed E-state index contributed by atoms with van der Waals surface area (Å²) >= 11 is 0. The third-order valence-electron chi connectivity index (χ3n) is 5.34. The summed E-state index contributed by atoms with van der Waals surface area (Å²) in [7, 11) is -1.78. The van der Waals surface area contributed by atoms with Crippen molar-refractivity contribution in [3.63, 3.8) is 0 Å². The average molecular weight is 362 g/mol. The molecule has 0 radical (unpaired) electrons. The van der Waals surface area contributed by atoms with Crippen molar-refractivity contribution in [2.24, 2.45) is 5.11 Å². The van der Waals surface area contributed by atoms with E-state index >= 15 is 0 Å². The molecule has 25 heavy (non-hydrogen) atoms. The van der Waals surface area contributed by atoms with Crippen LogP contribution in [-0.2, 0) is 9.16 Å². The molecule has 1 aliphatic heterocycles. The molecule has 1 saturated heterocycles. The Hall–Kier alpha value is -1.25. The predicted octanol–water partition coefficient (Wildman–Crippen LogP) is 5.35. The zero-order chi connectivity index (χ0) is 18.7. The van der Waals surface area contributed by atoms with Crippen LogP contribution in [0.15, 0.2) is 17.3 Å².